The van der Waals surface area contributed by atoms with Crippen LogP contribution >= 0.6 is 0 Å². The van der Waals surface area contributed by atoms with Crippen LogP contribution in [0.15, 0.2) is 96.3 Å². The molecule has 0 saturated carbocycles. The molecule has 8 nitrogen and oxygen atoms in total. The number of methoxy groups -OCH3 is 1. The SMILES string of the molecule is COc1ccccc1[C@H]1C(C(=O)Nc2ccccc2)=C(C)Nc2c(C(=O)Nc3ccc(C)cc3)cnn21. The highest BCUT2D eigenvalue weighted by Crippen LogP contribution is 2.41. The number of carbonyl (C=O) groups excluding carboxylic acids is 2. The molecule has 0 unspecified atom stereocenters. The summed E-state index contributed by atoms with van der Waals surface area (Å²) in [7, 11) is 1.59. The number of hydrogen-bond donors (Lipinski definition) is 3. The van der Waals surface area contributed by atoms with Crippen molar-refractivity contribution in [2.75, 3.05) is 23.1 Å². The Labute approximate surface area is 215 Å². The first-order chi connectivity index (χ1) is 18.0. The molecule has 0 radical (unpaired) electrons. The molecule has 0 spiro atoms. The summed E-state index contributed by atoms with van der Waals surface area (Å²) in [4.78, 5) is 26.8. The van der Waals surface area contributed by atoms with Crippen molar-refractivity contribution in [3.63, 3.8) is 0 Å². The van der Waals surface area contributed by atoms with Gasteiger partial charge in [0.05, 0.1) is 18.9 Å². The Kier molecular flexibility index (Phi) is 6.47. The predicted octanol–water partition coefficient (Wildman–Crippen LogP) is 5.38. The number of aryl methyl sites for hydroxylation is 1. The molecule has 4 aromatic rings. The minimum Gasteiger partial charge on any atom is -0.496 e. The second kappa shape index (κ2) is 10.0. The Balaban J connectivity index is 1.56. The van der Waals surface area contributed by atoms with Gasteiger partial charge in [0.2, 0.25) is 0 Å². The third-order valence-corrected chi connectivity index (χ3v) is 6.29. The molecule has 0 saturated heterocycles. The van der Waals surface area contributed by atoms with Crippen molar-refractivity contribution in [1.29, 1.82) is 0 Å². The number of fused-ring (bicyclic) bond motifs is 1. The van der Waals surface area contributed by atoms with Crippen molar-refractivity contribution in [2.45, 2.75) is 19.9 Å². The van der Waals surface area contributed by atoms with Gasteiger partial charge in [-0.25, -0.2) is 4.68 Å². The van der Waals surface area contributed by atoms with Crippen LogP contribution < -0.4 is 20.7 Å². The zero-order chi connectivity index (χ0) is 25.9. The van der Waals surface area contributed by atoms with E-state index in [4.69, 9.17) is 4.74 Å². The lowest BCUT2D eigenvalue weighted by atomic mass is 9.93. The van der Waals surface area contributed by atoms with Gasteiger partial charge < -0.3 is 20.7 Å². The summed E-state index contributed by atoms with van der Waals surface area (Å²) in [6, 6.07) is 23.7. The molecule has 2 heterocycles. The van der Waals surface area contributed by atoms with Crippen molar-refractivity contribution in [3.8, 4) is 5.75 Å². The fraction of sp³-hybridized carbons (Fsp3) is 0.138. The van der Waals surface area contributed by atoms with Crippen LogP contribution in [0.3, 0.4) is 0 Å². The molecule has 5 rings (SSSR count). The van der Waals surface area contributed by atoms with E-state index in [1.807, 2.05) is 92.7 Å². The van der Waals surface area contributed by atoms with Crippen molar-refractivity contribution >= 4 is 29.0 Å². The zero-order valence-corrected chi connectivity index (χ0v) is 20.8. The van der Waals surface area contributed by atoms with E-state index >= 15 is 0 Å². The van der Waals surface area contributed by atoms with E-state index < -0.39 is 6.04 Å². The fourth-order valence-electron chi connectivity index (χ4n) is 4.45. The van der Waals surface area contributed by atoms with Gasteiger partial charge in [-0.1, -0.05) is 54.1 Å². The summed E-state index contributed by atoms with van der Waals surface area (Å²) in [5, 5.41) is 13.7. The lowest BCUT2D eigenvalue weighted by molar-refractivity contribution is -0.113. The Morgan fingerprint density at radius 3 is 2.24 bits per heavy atom. The van der Waals surface area contributed by atoms with E-state index in [2.05, 4.69) is 21.0 Å². The van der Waals surface area contributed by atoms with Crippen LogP contribution in [-0.4, -0.2) is 28.7 Å². The number of anilines is 3. The van der Waals surface area contributed by atoms with Crippen LogP contribution in [0.25, 0.3) is 0 Å². The molecule has 186 valence electrons. The van der Waals surface area contributed by atoms with Gasteiger partial charge in [-0.05, 0) is 44.2 Å². The van der Waals surface area contributed by atoms with Gasteiger partial charge in [0.1, 0.15) is 23.2 Å². The summed E-state index contributed by atoms with van der Waals surface area (Å²) in [5.41, 5.74) is 4.65. The number of amides is 2. The molecule has 1 atom stereocenters. The number of para-hydroxylation sites is 2. The Bertz CT molecular complexity index is 1490. The molecule has 3 N–H and O–H groups in total. The third kappa shape index (κ3) is 4.69. The van der Waals surface area contributed by atoms with Gasteiger partial charge in [-0.15, -0.1) is 0 Å². The normalized spacial score (nSPS) is 14.4. The van der Waals surface area contributed by atoms with E-state index in [9.17, 15) is 9.59 Å². The third-order valence-electron chi connectivity index (χ3n) is 6.29. The molecule has 8 heteroatoms. The second-order valence-corrected chi connectivity index (χ2v) is 8.80. The van der Waals surface area contributed by atoms with E-state index in [1.165, 1.54) is 6.20 Å². The Morgan fingerprint density at radius 1 is 0.865 bits per heavy atom. The second-order valence-electron chi connectivity index (χ2n) is 8.80. The molecule has 0 bridgehead atoms. The summed E-state index contributed by atoms with van der Waals surface area (Å²) in [6.07, 6.45) is 1.51. The number of carbonyl (C=O) groups is 2. The van der Waals surface area contributed by atoms with Gasteiger partial charge >= 0.3 is 0 Å². The first-order valence-electron chi connectivity index (χ1n) is 11.9. The summed E-state index contributed by atoms with van der Waals surface area (Å²) in [6.45, 7) is 3.81. The topological polar surface area (TPSA) is 97.3 Å². The molecular weight excluding hydrogens is 466 g/mol. The van der Waals surface area contributed by atoms with Crippen LogP contribution in [0.4, 0.5) is 17.2 Å². The number of ether oxygens (including phenoxy) is 1. The number of nitrogens with zero attached hydrogens (tertiary/aromatic N) is 2. The molecule has 1 aliphatic heterocycles. The van der Waals surface area contributed by atoms with Crippen LogP contribution in [-0.2, 0) is 4.79 Å². The summed E-state index contributed by atoms with van der Waals surface area (Å²) >= 11 is 0. The van der Waals surface area contributed by atoms with Gasteiger partial charge in [0, 0.05) is 22.6 Å². The lowest BCUT2D eigenvalue weighted by Crippen LogP contribution is -2.32. The maximum absolute atomic E-state index is 13.6. The van der Waals surface area contributed by atoms with E-state index in [-0.39, 0.29) is 11.8 Å². The highest BCUT2D eigenvalue weighted by molar-refractivity contribution is 6.09. The molecule has 0 fully saturated rings. The number of nitrogens with one attached hydrogen (secondary N) is 3. The lowest BCUT2D eigenvalue weighted by Gasteiger charge is -2.31. The Morgan fingerprint density at radius 2 is 1.51 bits per heavy atom. The number of benzene rings is 3. The predicted molar refractivity (Wildman–Crippen MR) is 144 cm³/mol. The Hall–Kier alpha value is -4.85. The molecule has 37 heavy (non-hydrogen) atoms. The summed E-state index contributed by atoms with van der Waals surface area (Å²) in [5.74, 6) is 0.522. The minimum atomic E-state index is -0.628. The van der Waals surface area contributed by atoms with Crippen LogP contribution in [0.1, 0.15) is 34.5 Å². The van der Waals surface area contributed by atoms with E-state index in [1.54, 1.807) is 11.8 Å². The first kappa shape index (κ1) is 23.9. The van der Waals surface area contributed by atoms with Gasteiger partial charge in [0.25, 0.3) is 11.8 Å². The number of rotatable bonds is 6. The first-order valence-corrected chi connectivity index (χ1v) is 11.9. The highest BCUT2D eigenvalue weighted by atomic mass is 16.5. The van der Waals surface area contributed by atoms with E-state index in [0.717, 1.165) is 11.1 Å². The molecule has 3 aromatic carbocycles. The number of allylic oxidation sites excluding steroid dienone is 1. The van der Waals surface area contributed by atoms with Crippen molar-refractivity contribution in [2.24, 2.45) is 0 Å². The van der Waals surface area contributed by atoms with E-state index in [0.29, 0.717) is 39.8 Å². The van der Waals surface area contributed by atoms with Crippen molar-refractivity contribution < 1.29 is 14.3 Å². The average molecular weight is 494 g/mol. The highest BCUT2D eigenvalue weighted by Gasteiger charge is 2.36. The molecular formula is C29H27N5O3. The number of hydrogen-bond acceptors (Lipinski definition) is 5. The minimum absolute atomic E-state index is 0.279. The maximum atomic E-state index is 13.6. The molecule has 0 aliphatic carbocycles. The zero-order valence-electron chi connectivity index (χ0n) is 20.8. The van der Waals surface area contributed by atoms with Crippen LogP contribution in [0.5, 0.6) is 5.75 Å². The fourth-order valence-corrected chi connectivity index (χ4v) is 4.45. The smallest absolute Gasteiger partial charge is 0.261 e. The summed E-state index contributed by atoms with van der Waals surface area (Å²) < 4.78 is 7.30. The maximum Gasteiger partial charge on any atom is 0.261 e. The standard InChI is InChI=1S/C29H27N5O3/c1-18-13-15-21(16-14-18)32-28(35)23-17-30-34-26(22-11-7-8-12-24(22)37-3)25(19(2)31-27(23)34)29(36)33-20-9-5-4-6-10-20/h4-17,26,31H,1-3H3,(H,32,35)(H,33,36)/t26-/m0/s1. The van der Waals surface area contributed by atoms with Crippen molar-refractivity contribution in [1.82, 2.24) is 9.78 Å². The number of aromatic nitrogens is 2. The van der Waals surface area contributed by atoms with Gasteiger partial charge in [-0.3, -0.25) is 9.59 Å². The van der Waals surface area contributed by atoms with Crippen LogP contribution in [0.2, 0.25) is 0 Å². The quantitative estimate of drug-likeness (QED) is 0.335. The van der Waals surface area contributed by atoms with Gasteiger partial charge in [0.15, 0.2) is 0 Å². The monoisotopic (exact) mass is 493 g/mol. The van der Waals surface area contributed by atoms with Gasteiger partial charge in [-0.2, -0.15) is 5.10 Å². The molecule has 2 amide bonds. The van der Waals surface area contributed by atoms with Crippen molar-refractivity contribution in [3.05, 3.63) is 113 Å². The molecule has 1 aromatic heterocycles. The largest absolute Gasteiger partial charge is 0.496 e. The molecule has 1 aliphatic rings. The van der Waals surface area contributed by atoms with Crippen LogP contribution in [0, 0.1) is 6.92 Å². The average Bonchev–Trinajstić information content (AvgIpc) is 3.33.